The van der Waals surface area contributed by atoms with E-state index in [1.807, 2.05) is 0 Å². The van der Waals surface area contributed by atoms with Crippen LogP contribution in [-0.4, -0.2) is 0 Å². The Bertz CT molecular complexity index is 182. The molecular weight excluding hydrogens is 132 g/mol. The fraction of sp³-hybridized carbons (Fsp3) is 0.455. The van der Waals surface area contributed by atoms with Crippen molar-refractivity contribution in [3.8, 4) is 0 Å². The first-order valence-electron chi connectivity index (χ1n) is 4.36. The van der Waals surface area contributed by atoms with Crippen molar-refractivity contribution < 1.29 is 0 Å². The molecule has 0 aromatic rings. The third-order valence-electron chi connectivity index (χ3n) is 2.04. The average molecular weight is 148 g/mol. The predicted octanol–water partition coefficient (Wildman–Crippen LogP) is 3.62. The van der Waals surface area contributed by atoms with Gasteiger partial charge in [-0.15, -0.1) is 0 Å². The summed E-state index contributed by atoms with van der Waals surface area (Å²) >= 11 is 0. The molecule has 1 rings (SSSR count). The van der Waals surface area contributed by atoms with Gasteiger partial charge >= 0.3 is 0 Å². The Hall–Kier alpha value is -0.780. The lowest BCUT2D eigenvalue weighted by Gasteiger charge is -1.94. The molecule has 0 amide bonds. The van der Waals surface area contributed by atoms with E-state index in [1.165, 1.54) is 30.4 Å². The van der Waals surface area contributed by atoms with Crippen molar-refractivity contribution in [2.45, 2.75) is 33.1 Å². The van der Waals surface area contributed by atoms with Gasteiger partial charge in [-0.1, -0.05) is 24.3 Å². The van der Waals surface area contributed by atoms with Crippen molar-refractivity contribution in [1.82, 2.24) is 0 Å². The predicted molar refractivity (Wildman–Crippen MR) is 50.5 cm³/mol. The van der Waals surface area contributed by atoms with Crippen molar-refractivity contribution in [1.29, 1.82) is 0 Å². The molecule has 60 valence electrons. The van der Waals surface area contributed by atoms with Gasteiger partial charge in [0.15, 0.2) is 0 Å². The summed E-state index contributed by atoms with van der Waals surface area (Å²) in [4.78, 5) is 0. The van der Waals surface area contributed by atoms with Crippen molar-refractivity contribution in [3.05, 3.63) is 35.5 Å². The van der Waals surface area contributed by atoms with Crippen LogP contribution >= 0.6 is 0 Å². The van der Waals surface area contributed by atoms with E-state index >= 15 is 0 Å². The highest BCUT2D eigenvalue weighted by molar-refractivity contribution is 5.36. The van der Waals surface area contributed by atoms with E-state index in [1.54, 1.807) is 0 Å². The van der Waals surface area contributed by atoms with Gasteiger partial charge in [0.1, 0.15) is 0 Å². The minimum absolute atomic E-state index is 1.27. The summed E-state index contributed by atoms with van der Waals surface area (Å²) in [7, 11) is 0. The lowest BCUT2D eigenvalue weighted by Crippen LogP contribution is -1.74. The molecule has 0 atom stereocenters. The molecule has 1 aliphatic rings. The molecule has 0 unspecified atom stereocenters. The standard InChI is InChI=1S/C11H16/c1-3-6-10-8-5-9-11(10)7-4-2/h3-4,6-7H,5,8-9H2,1-2H3. The minimum atomic E-state index is 1.27. The van der Waals surface area contributed by atoms with Crippen molar-refractivity contribution in [2.24, 2.45) is 0 Å². The van der Waals surface area contributed by atoms with Crippen molar-refractivity contribution in [2.75, 3.05) is 0 Å². The Morgan fingerprint density at radius 3 is 1.73 bits per heavy atom. The molecule has 0 saturated heterocycles. The van der Waals surface area contributed by atoms with Crippen LogP contribution in [0, 0.1) is 0 Å². The van der Waals surface area contributed by atoms with Gasteiger partial charge in [0.2, 0.25) is 0 Å². The minimum Gasteiger partial charge on any atom is -0.0874 e. The van der Waals surface area contributed by atoms with Crippen LogP contribution in [0.25, 0.3) is 0 Å². The molecule has 0 aromatic heterocycles. The fourth-order valence-corrected chi connectivity index (χ4v) is 1.57. The number of allylic oxidation sites excluding steroid dienone is 6. The zero-order valence-corrected chi connectivity index (χ0v) is 7.43. The number of rotatable bonds is 2. The Morgan fingerprint density at radius 2 is 1.36 bits per heavy atom. The number of hydrogen-bond donors (Lipinski definition) is 0. The highest BCUT2D eigenvalue weighted by atomic mass is 14.1. The van der Waals surface area contributed by atoms with Gasteiger partial charge < -0.3 is 0 Å². The first-order chi connectivity index (χ1) is 5.38. The lowest BCUT2D eigenvalue weighted by molar-refractivity contribution is 0.906. The maximum absolute atomic E-state index is 2.24. The second-order valence-corrected chi connectivity index (χ2v) is 2.90. The first-order valence-corrected chi connectivity index (χ1v) is 4.36. The van der Waals surface area contributed by atoms with Crippen LogP contribution in [0.15, 0.2) is 35.5 Å². The molecule has 0 aromatic carbocycles. The van der Waals surface area contributed by atoms with E-state index < -0.39 is 0 Å². The molecule has 0 N–H and O–H groups in total. The Morgan fingerprint density at radius 1 is 0.909 bits per heavy atom. The van der Waals surface area contributed by atoms with Gasteiger partial charge in [-0.25, -0.2) is 0 Å². The van der Waals surface area contributed by atoms with E-state index in [2.05, 4.69) is 38.2 Å². The smallest absolute Gasteiger partial charge is 0.0273 e. The summed E-state index contributed by atoms with van der Waals surface area (Å²) in [5.74, 6) is 0. The third-order valence-corrected chi connectivity index (χ3v) is 2.04. The summed E-state index contributed by atoms with van der Waals surface area (Å²) in [6.45, 7) is 4.16. The summed E-state index contributed by atoms with van der Waals surface area (Å²) in [5.41, 5.74) is 3.07. The summed E-state index contributed by atoms with van der Waals surface area (Å²) in [6.07, 6.45) is 12.6. The zero-order valence-electron chi connectivity index (χ0n) is 7.43. The van der Waals surface area contributed by atoms with Gasteiger partial charge in [-0.05, 0) is 44.3 Å². The number of hydrogen-bond acceptors (Lipinski definition) is 0. The highest BCUT2D eigenvalue weighted by Crippen LogP contribution is 2.27. The molecule has 0 heterocycles. The van der Waals surface area contributed by atoms with Crippen LogP contribution in [0.3, 0.4) is 0 Å². The van der Waals surface area contributed by atoms with Crippen LogP contribution in [0.1, 0.15) is 33.1 Å². The average Bonchev–Trinajstić information content (AvgIpc) is 2.39. The molecule has 0 saturated carbocycles. The van der Waals surface area contributed by atoms with E-state index in [-0.39, 0.29) is 0 Å². The van der Waals surface area contributed by atoms with Gasteiger partial charge in [0.05, 0.1) is 0 Å². The van der Waals surface area contributed by atoms with E-state index in [0.29, 0.717) is 0 Å². The van der Waals surface area contributed by atoms with Gasteiger partial charge in [-0.2, -0.15) is 0 Å². The monoisotopic (exact) mass is 148 g/mol. The molecular formula is C11H16. The lowest BCUT2D eigenvalue weighted by atomic mass is 10.1. The molecule has 0 aliphatic heterocycles. The van der Waals surface area contributed by atoms with Crippen molar-refractivity contribution >= 4 is 0 Å². The summed E-state index contributed by atoms with van der Waals surface area (Å²) in [5, 5.41) is 0. The molecule has 0 nitrogen and oxygen atoms in total. The van der Waals surface area contributed by atoms with Crippen LogP contribution in [0.5, 0.6) is 0 Å². The second kappa shape index (κ2) is 4.17. The normalized spacial score (nSPS) is 19.5. The zero-order chi connectivity index (χ0) is 8.10. The van der Waals surface area contributed by atoms with Crippen LogP contribution in [0.2, 0.25) is 0 Å². The molecule has 0 spiro atoms. The second-order valence-electron chi connectivity index (χ2n) is 2.90. The van der Waals surface area contributed by atoms with E-state index in [9.17, 15) is 0 Å². The molecule has 0 heteroatoms. The Labute approximate surface area is 69.3 Å². The maximum atomic E-state index is 2.24. The van der Waals surface area contributed by atoms with Gasteiger partial charge in [0.25, 0.3) is 0 Å². The van der Waals surface area contributed by atoms with Gasteiger partial charge in [0, 0.05) is 0 Å². The molecule has 0 bridgehead atoms. The maximum Gasteiger partial charge on any atom is -0.0273 e. The first kappa shape index (κ1) is 8.32. The summed E-state index contributed by atoms with van der Waals surface area (Å²) in [6, 6.07) is 0. The topological polar surface area (TPSA) is 0 Å². The van der Waals surface area contributed by atoms with E-state index in [4.69, 9.17) is 0 Å². The Balaban J connectivity index is 2.77. The molecule has 1 aliphatic carbocycles. The van der Waals surface area contributed by atoms with Crippen LogP contribution < -0.4 is 0 Å². The fourth-order valence-electron chi connectivity index (χ4n) is 1.57. The van der Waals surface area contributed by atoms with Crippen molar-refractivity contribution in [3.63, 3.8) is 0 Å². The largest absolute Gasteiger partial charge is 0.0874 e. The molecule has 0 fully saturated rings. The molecule has 11 heavy (non-hydrogen) atoms. The quantitative estimate of drug-likeness (QED) is 0.561. The van der Waals surface area contributed by atoms with Gasteiger partial charge in [-0.3, -0.25) is 0 Å². The SMILES string of the molecule is CC=CC1=C(C=CC)CCC1. The summed E-state index contributed by atoms with van der Waals surface area (Å²) < 4.78 is 0. The highest BCUT2D eigenvalue weighted by Gasteiger charge is 2.08. The molecule has 0 radical (unpaired) electrons. The van der Waals surface area contributed by atoms with Crippen LogP contribution in [-0.2, 0) is 0 Å². The third kappa shape index (κ3) is 2.07. The van der Waals surface area contributed by atoms with Crippen LogP contribution in [0.4, 0.5) is 0 Å². The Kier molecular flexibility index (Phi) is 3.15. The van der Waals surface area contributed by atoms with E-state index in [0.717, 1.165) is 0 Å².